The van der Waals surface area contributed by atoms with Gasteiger partial charge in [0, 0.05) is 9.75 Å². The van der Waals surface area contributed by atoms with Crippen LogP contribution in [0.4, 0.5) is 0 Å². The van der Waals surface area contributed by atoms with Crippen LogP contribution in [0.15, 0.2) is 12.1 Å². The number of hydrogen-bond acceptors (Lipinski definition) is 1. The minimum Gasteiger partial charge on any atom is -0.145 e. The van der Waals surface area contributed by atoms with Gasteiger partial charge in [-0.05, 0) is 37.3 Å². The van der Waals surface area contributed by atoms with Crippen molar-refractivity contribution in [3.8, 4) is 0 Å². The molecule has 0 amide bonds. The van der Waals surface area contributed by atoms with Gasteiger partial charge in [-0.3, -0.25) is 0 Å². The second-order valence-electron chi connectivity index (χ2n) is 4.76. The summed E-state index contributed by atoms with van der Waals surface area (Å²) >= 11 is 2.02. The van der Waals surface area contributed by atoms with Crippen LogP contribution in [0.3, 0.4) is 0 Å². The molecule has 15 heavy (non-hydrogen) atoms. The lowest BCUT2D eigenvalue weighted by Crippen LogP contribution is -2.06. The Morgan fingerprint density at radius 1 is 1.13 bits per heavy atom. The van der Waals surface area contributed by atoms with Crippen molar-refractivity contribution in [3.63, 3.8) is 0 Å². The second kappa shape index (κ2) is 5.69. The Labute approximate surface area is 97.7 Å². The summed E-state index contributed by atoms with van der Waals surface area (Å²) in [6, 6.07) is 4.65. The molecule has 0 radical (unpaired) electrons. The van der Waals surface area contributed by atoms with Crippen LogP contribution in [-0.4, -0.2) is 0 Å². The van der Waals surface area contributed by atoms with Gasteiger partial charge < -0.3 is 0 Å². The number of rotatable bonds is 4. The van der Waals surface area contributed by atoms with Gasteiger partial charge in [0.05, 0.1) is 0 Å². The first-order chi connectivity index (χ1) is 7.38. The van der Waals surface area contributed by atoms with E-state index in [9.17, 15) is 0 Å². The molecule has 0 aromatic carbocycles. The summed E-state index contributed by atoms with van der Waals surface area (Å²) in [4.78, 5) is 3.16. The van der Waals surface area contributed by atoms with Crippen LogP contribution in [0.25, 0.3) is 0 Å². The molecule has 0 nitrogen and oxygen atoms in total. The zero-order chi connectivity index (χ0) is 10.5. The van der Waals surface area contributed by atoms with E-state index in [4.69, 9.17) is 0 Å². The van der Waals surface area contributed by atoms with Crippen LogP contribution in [0.2, 0.25) is 0 Å². The van der Waals surface area contributed by atoms with E-state index in [1.54, 1.807) is 9.75 Å². The highest BCUT2D eigenvalue weighted by Gasteiger charge is 2.13. The predicted octanol–water partition coefficient (Wildman–Crippen LogP) is 4.82. The first-order valence-corrected chi connectivity index (χ1v) is 7.27. The molecule has 1 aliphatic carbocycles. The van der Waals surface area contributed by atoms with Gasteiger partial charge in [0.15, 0.2) is 0 Å². The molecule has 2 rings (SSSR count). The van der Waals surface area contributed by atoms with E-state index in [2.05, 4.69) is 19.1 Å². The van der Waals surface area contributed by atoms with Gasteiger partial charge in [-0.1, -0.05) is 39.0 Å². The van der Waals surface area contributed by atoms with Gasteiger partial charge in [-0.15, -0.1) is 11.3 Å². The van der Waals surface area contributed by atoms with Crippen LogP contribution in [-0.2, 0) is 12.8 Å². The van der Waals surface area contributed by atoms with Gasteiger partial charge in [-0.2, -0.15) is 0 Å². The Bertz CT molecular complexity index is 281. The average Bonchev–Trinajstić information content (AvgIpc) is 2.76. The first kappa shape index (κ1) is 11.2. The van der Waals surface area contributed by atoms with Crippen molar-refractivity contribution in [3.05, 3.63) is 21.9 Å². The quantitative estimate of drug-likeness (QED) is 0.685. The largest absolute Gasteiger partial charge is 0.145 e. The lowest BCUT2D eigenvalue weighted by molar-refractivity contribution is 0.340. The summed E-state index contributed by atoms with van der Waals surface area (Å²) in [6.07, 6.45) is 11.4. The van der Waals surface area contributed by atoms with E-state index in [1.807, 2.05) is 11.3 Å². The summed E-state index contributed by atoms with van der Waals surface area (Å²) in [7, 11) is 0. The SMILES string of the molecule is CCc1ccc(CCC2CCCCC2)s1. The molecule has 0 atom stereocenters. The molecule has 1 aliphatic rings. The van der Waals surface area contributed by atoms with E-state index in [-0.39, 0.29) is 0 Å². The summed E-state index contributed by atoms with van der Waals surface area (Å²) < 4.78 is 0. The van der Waals surface area contributed by atoms with E-state index in [0.717, 1.165) is 5.92 Å². The van der Waals surface area contributed by atoms with E-state index in [1.165, 1.54) is 51.4 Å². The summed E-state index contributed by atoms with van der Waals surface area (Å²) in [5.41, 5.74) is 0. The third kappa shape index (κ3) is 3.34. The maximum absolute atomic E-state index is 2.34. The molecule has 0 aliphatic heterocycles. The third-order valence-electron chi connectivity index (χ3n) is 3.59. The van der Waals surface area contributed by atoms with Crippen molar-refractivity contribution in [1.82, 2.24) is 0 Å². The Morgan fingerprint density at radius 3 is 2.53 bits per heavy atom. The lowest BCUT2D eigenvalue weighted by Gasteiger charge is -2.20. The maximum atomic E-state index is 2.34. The molecular weight excluding hydrogens is 200 g/mol. The fourth-order valence-electron chi connectivity index (χ4n) is 2.57. The van der Waals surface area contributed by atoms with E-state index < -0.39 is 0 Å². The Balaban J connectivity index is 1.76. The highest BCUT2D eigenvalue weighted by Crippen LogP contribution is 2.28. The van der Waals surface area contributed by atoms with Crippen LogP contribution in [0.1, 0.15) is 55.2 Å². The molecule has 1 aromatic heterocycles. The molecule has 1 heterocycles. The molecule has 1 fully saturated rings. The van der Waals surface area contributed by atoms with E-state index in [0.29, 0.717) is 0 Å². The van der Waals surface area contributed by atoms with Crippen molar-refractivity contribution in [2.24, 2.45) is 5.92 Å². The molecule has 0 unspecified atom stereocenters. The van der Waals surface area contributed by atoms with Crippen LogP contribution in [0, 0.1) is 5.92 Å². The smallest absolute Gasteiger partial charge is 0.00482 e. The van der Waals surface area contributed by atoms with Crippen LogP contribution >= 0.6 is 11.3 Å². The predicted molar refractivity (Wildman–Crippen MR) is 68.6 cm³/mol. The molecule has 0 bridgehead atoms. The molecule has 84 valence electrons. The van der Waals surface area contributed by atoms with Crippen LogP contribution < -0.4 is 0 Å². The van der Waals surface area contributed by atoms with Gasteiger partial charge >= 0.3 is 0 Å². The normalized spacial score (nSPS) is 18.2. The minimum atomic E-state index is 1.03. The van der Waals surface area contributed by atoms with Crippen molar-refractivity contribution >= 4 is 11.3 Å². The maximum Gasteiger partial charge on any atom is 0.00482 e. The zero-order valence-electron chi connectivity index (χ0n) is 9.80. The molecule has 0 spiro atoms. The fraction of sp³-hybridized carbons (Fsp3) is 0.714. The molecule has 0 N–H and O–H groups in total. The topological polar surface area (TPSA) is 0 Å². The molecular formula is C14H22S. The number of thiophene rings is 1. The third-order valence-corrected chi connectivity index (χ3v) is 4.88. The lowest BCUT2D eigenvalue weighted by atomic mass is 9.86. The first-order valence-electron chi connectivity index (χ1n) is 6.46. The zero-order valence-corrected chi connectivity index (χ0v) is 10.6. The molecule has 1 saturated carbocycles. The van der Waals surface area contributed by atoms with Crippen molar-refractivity contribution in [2.45, 2.75) is 58.3 Å². The second-order valence-corrected chi connectivity index (χ2v) is 6.02. The average molecular weight is 222 g/mol. The van der Waals surface area contributed by atoms with Crippen molar-refractivity contribution in [2.75, 3.05) is 0 Å². The monoisotopic (exact) mass is 222 g/mol. The Morgan fingerprint density at radius 2 is 1.87 bits per heavy atom. The number of aryl methyl sites for hydroxylation is 2. The summed E-state index contributed by atoms with van der Waals surface area (Å²) in [6.45, 7) is 2.25. The van der Waals surface area contributed by atoms with Gasteiger partial charge in [0.25, 0.3) is 0 Å². The molecule has 1 heteroatoms. The highest BCUT2D eigenvalue weighted by molar-refractivity contribution is 7.11. The molecule has 1 aromatic rings. The summed E-state index contributed by atoms with van der Waals surface area (Å²) in [5, 5.41) is 0. The van der Waals surface area contributed by atoms with Crippen molar-refractivity contribution < 1.29 is 0 Å². The highest BCUT2D eigenvalue weighted by atomic mass is 32.1. The Hall–Kier alpha value is -0.300. The number of hydrogen-bond donors (Lipinski definition) is 0. The van der Waals surface area contributed by atoms with E-state index >= 15 is 0 Å². The molecule has 0 saturated heterocycles. The van der Waals surface area contributed by atoms with Crippen LogP contribution in [0.5, 0.6) is 0 Å². The standard InChI is InChI=1S/C14H22S/c1-2-13-10-11-14(15-13)9-8-12-6-4-3-5-7-12/h10-12H,2-9H2,1H3. The van der Waals surface area contributed by atoms with Gasteiger partial charge in [0.1, 0.15) is 0 Å². The Kier molecular flexibility index (Phi) is 4.25. The van der Waals surface area contributed by atoms with Crippen molar-refractivity contribution in [1.29, 1.82) is 0 Å². The summed E-state index contributed by atoms with van der Waals surface area (Å²) in [5.74, 6) is 1.03. The fourth-order valence-corrected chi connectivity index (χ4v) is 3.54. The van der Waals surface area contributed by atoms with Gasteiger partial charge in [0.2, 0.25) is 0 Å². The van der Waals surface area contributed by atoms with Gasteiger partial charge in [-0.25, -0.2) is 0 Å². The minimum absolute atomic E-state index is 1.03.